The smallest absolute Gasteiger partial charge is 0.103 e. The first-order chi connectivity index (χ1) is 8.25. The van der Waals surface area contributed by atoms with E-state index in [1.165, 1.54) is 32.4 Å². The van der Waals surface area contributed by atoms with Gasteiger partial charge in [-0.2, -0.15) is 11.8 Å². The molecule has 3 heterocycles. The first kappa shape index (κ1) is 12.5. The second-order valence-corrected chi connectivity index (χ2v) is 8.41. The van der Waals surface area contributed by atoms with Gasteiger partial charge in [-0.3, -0.25) is 0 Å². The molecular formula is C12H10BrClS3. The molecule has 5 heteroatoms. The average molecular weight is 366 g/mol. The van der Waals surface area contributed by atoms with Crippen LogP contribution in [0.15, 0.2) is 22.0 Å². The van der Waals surface area contributed by atoms with Gasteiger partial charge in [0.15, 0.2) is 0 Å². The molecule has 90 valence electrons. The normalized spacial score (nSPS) is 16.8. The van der Waals surface area contributed by atoms with E-state index in [1.807, 2.05) is 23.1 Å². The highest BCUT2D eigenvalue weighted by Gasteiger charge is 2.21. The van der Waals surface area contributed by atoms with E-state index in [1.54, 1.807) is 11.3 Å². The Morgan fingerprint density at radius 3 is 3.00 bits per heavy atom. The summed E-state index contributed by atoms with van der Waals surface area (Å²) in [6, 6.07) is 4.37. The number of fused-ring (bicyclic) bond motifs is 1. The van der Waals surface area contributed by atoms with Gasteiger partial charge in [0.2, 0.25) is 0 Å². The number of halogens is 2. The highest BCUT2D eigenvalue weighted by atomic mass is 79.9. The van der Waals surface area contributed by atoms with Gasteiger partial charge in [-0.15, -0.1) is 34.3 Å². The summed E-state index contributed by atoms with van der Waals surface area (Å²) in [4.78, 5) is 4.05. The van der Waals surface area contributed by atoms with Gasteiger partial charge in [0.05, 0.1) is 0 Å². The lowest BCUT2D eigenvalue weighted by Crippen LogP contribution is -1.96. The van der Waals surface area contributed by atoms with Crippen molar-refractivity contribution >= 4 is 62.0 Å². The van der Waals surface area contributed by atoms with Gasteiger partial charge in [0.1, 0.15) is 5.38 Å². The SMILES string of the molecule is ClC(c1cc2c(s1)CCSC2)c1sccc1Br. The predicted molar refractivity (Wildman–Crippen MR) is 83.9 cm³/mol. The number of rotatable bonds is 2. The largest absolute Gasteiger partial charge is 0.157 e. The van der Waals surface area contributed by atoms with Crippen molar-refractivity contribution in [2.75, 3.05) is 5.75 Å². The van der Waals surface area contributed by atoms with Crippen molar-refractivity contribution in [3.63, 3.8) is 0 Å². The van der Waals surface area contributed by atoms with Gasteiger partial charge in [-0.1, -0.05) is 0 Å². The van der Waals surface area contributed by atoms with Gasteiger partial charge in [-0.05, 0) is 51.2 Å². The Balaban J connectivity index is 1.94. The van der Waals surface area contributed by atoms with Crippen molar-refractivity contribution in [3.8, 4) is 0 Å². The van der Waals surface area contributed by atoms with Crippen LogP contribution in [0, 0.1) is 0 Å². The summed E-state index contributed by atoms with van der Waals surface area (Å²) in [6.45, 7) is 0. The van der Waals surface area contributed by atoms with E-state index in [-0.39, 0.29) is 5.38 Å². The highest BCUT2D eigenvalue weighted by Crippen LogP contribution is 2.43. The molecule has 0 spiro atoms. The minimum atomic E-state index is 0.00461. The molecule has 1 aliphatic heterocycles. The van der Waals surface area contributed by atoms with Crippen molar-refractivity contribution in [3.05, 3.63) is 42.2 Å². The molecule has 0 N–H and O–H groups in total. The number of hydrogen-bond acceptors (Lipinski definition) is 3. The fourth-order valence-electron chi connectivity index (χ4n) is 1.91. The van der Waals surface area contributed by atoms with E-state index in [2.05, 4.69) is 33.4 Å². The maximum Gasteiger partial charge on any atom is 0.103 e. The van der Waals surface area contributed by atoms with Crippen LogP contribution in [0.1, 0.15) is 25.6 Å². The van der Waals surface area contributed by atoms with Crippen LogP contribution >= 0.6 is 62.0 Å². The summed E-state index contributed by atoms with van der Waals surface area (Å²) in [7, 11) is 0. The number of aryl methyl sites for hydroxylation is 1. The molecule has 3 rings (SSSR count). The van der Waals surface area contributed by atoms with Crippen LogP contribution in [0.25, 0.3) is 0 Å². The van der Waals surface area contributed by atoms with Gasteiger partial charge in [0.25, 0.3) is 0 Å². The molecule has 1 unspecified atom stereocenters. The standard InChI is InChI=1S/C12H10BrClS3/c13-8-1-4-16-12(8)11(14)10-5-7-6-15-3-2-9(7)17-10/h1,4-5,11H,2-3,6H2. The van der Waals surface area contributed by atoms with Crippen molar-refractivity contribution in [2.24, 2.45) is 0 Å². The Bertz CT molecular complexity index is 508. The molecule has 0 fully saturated rings. The number of alkyl halides is 1. The summed E-state index contributed by atoms with van der Waals surface area (Å²) in [6.07, 6.45) is 1.21. The minimum absolute atomic E-state index is 0.00461. The third kappa shape index (κ3) is 2.47. The third-order valence-electron chi connectivity index (χ3n) is 2.77. The van der Waals surface area contributed by atoms with Crippen LogP contribution in [0.3, 0.4) is 0 Å². The summed E-state index contributed by atoms with van der Waals surface area (Å²) in [5, 5.41) is 2.09. The molecule has 0 amide bonds. The molecule has 1 aliphatic rings. The van der Waals surface area contributed by atoms with E-state index in [0.29, 0.717) is 0 Å². The summed E-state index contributed by atoms with van der Waals surface area (Å²) in [5.41, 5.74) is 1.50. The molecule has 2 aromatic rings. The fraction of sp³-hybridized carbons (Fsp3) is 0.333. The zero-order valence-corrected chi connectivity index (χ0v) is 13.7. The van der Waals surface area contributed by atoms with Gasteiger partial charge >= 0.3 is 0 Å². The first-order valence-electron chi connectivity index (χ1n) is 5.32. The van der Waals surface area contributed by atoms with Crippen LogP contribution in [-0.2, 0) is 12.2 Å². The summed E-state index contributed by atoms with van der Waals surface area (Å²) in [5.74, 6) is 2.41. The molecule has 0 aromatic carbocycles. The summed E-state index contributed by atoms with van der Waals surface area (Å²) >= 11 is 15.8. The summed E-state index contributed by atoms with van der Waals surface area (Å²) < 4.78 is 1.13. The lowest BCUT2D eigenvalue weighted by atomic mass is 10.2. The first-order valence-corrected chi connectivity index (χ1v) is 9.40. The predicted octanol–water partition coefficient (Wildman–Crippen LogP) is 5.69. The minimum Gasteiger partial charge on any atom is -0.157 e. The molecule has 0 radical (unpaired) electrons. The van der Waals surface area contributed by atoms with Crippen molar-refractivity contribution < 1.29 is 0 Å². The van der Waals surface area contributed by atoms with Gasteiger partial charge in [0, 0.05) is 24.9 Å². The lowest BCUT2D eigenvalue weighted by Gasteiger charge is -2.08. The zero-order chi connectivity index (χ0) is 11.8. The lowest BCUT2D eigenvalue weighted by molar-refractivity contribution is 1.13. The van der Waals surface area contributed by atoms with Crippen molar-refractivity contribution in [2.45, 2.75) is 17.6 Å². The molecule has 2 aromatic heterocycles. The van der Waals surface area contributed by atoms with E-state index in [0.717, 1.165) is 10.2 Å². The maximum atomic E-state index is 6.58. The fourth-order valence-corrected chi connectivity index (χ4v) is 6.54. The average Bonchev–Trinajstić information content (AvgIpc) is 2.93. The Morgan fingerprint density at radius 1 is 1.41 bits per heavy atom. The van der Waals surface area contributed by atoms with Crippen LogP contribution < -0.4 is 0 Å². The van der Waals surface area contributed by atoms with Gasteiger partial charge in [-0.25, -0.2) is 0 Å². The van der Waals surface area contributed by atoms with E-state index < -0.39 is 0 Å². The van der Waals surface area contributed by atoms with E-state index >= 15 is 0 Å². The Morgan fingerprint density at radius 2 is 2.29 bits per heavy atom. The quantitative estimate of drug-likeness (QED) is 0.616. The van der Waals surface area contributed by atoms with Crippen molar-refractivity contribution in [1.29, 1.82) is 0 Å². The molecule has 1 atom stereocenters. The van der Waals surface area contributed by atoms with Gasteiger partial charge < -0.3 is 0 Å². The Hall–Kier alpha value is 0.520. The maximum absolute atomic E-state index is 6.58. The topological polar surface area (TPSA) is 0 Å². The molecule has 0 aliphatic carbocycles. The molecule has 0 saturated carbocycles. The van der Waals surface area contributed by atoms with E-state index in [9.17, 15) is 0 Å². The van der Waals surface area contributed by atoms with Crippen LogP contribution in [0.5, 0.6) is 0 Å². The highest BCUT2D eigenvalue weighted by molar-refractivity contribution is 9.10. The Kier molecular flexibility index (Phi) is 3.88. The third-order valence-corrected chi connectivity index (χ3v) is 7.73. The van der Waals surface area contributed by atoms with Crippen LogP contribution in [0.4, 0.5) is 0 Å². The van der Waals surface area contributed by atoms with Crippen molar-refractivity contribution in [1.82, 2.24) is 0 Å². The second kappa shape index (κ2) is 5.25. The number of hydrogen-bond donors (Lipinski definition) is 0. The monoisotopic (exact) mass is 364 g/mol. The molecule has 0 bridgehead atoms. The zero-order valence-electron chi connectivity index (χ0n) is 8.91. The van der Waals surface area contributed by atoms with Crippen LogP contribution in [0.2, 0.25) is 0 Å². The molecule has 17 heavy (non-hydrogen) atoms. The van der Waals surface area contributed by atoms with Crippen LogP contribution in [-0.4, -0.2) is 5.75 Å². The number of thioether (sulfide) groups is 1. The molecule has 0 saturated heterocycles. The molecular weight excluding hydrogens is 356 g/mol. The molecule has 0 nitrogen and oxygen atoms in total. The Labute approximate surface area is 127 Å². The number of thiophene rings is 2. The van der Waals surface area contributed by atoms with E-state index in [4.69, 9.17) is 11.6 Å². The second-order valence-electron chi connectivity index (χ2n) is 3.90.